The lowest BCUT2D eigenvalue weighted by Gasteiger charge is -2.22. The van der Waals surface area contributed by atoms with Crippen molar-refractivity contribution in [1.82, 2.24) is 9.80 Å². The second-order valence-corrected chi connectivity index (χ2v) is 5.81. The van der Waals surface area contributed by atoms with E-state index < -0.39 is 0 Å². The van der Waals surface area contributed by atoms with Crippen molar-refractivity contribution in [3.05, 3.63) is 29.8 Å². The molecule has 5 heteroatoms. The predicted molar refractivity (Wildman–Crippen MR) is 89.3 cm³/mol. The van der Waals surface area contributed by atoms with Gasteiger partial charge in [0.05, 0.1) is 13.0 Å². The van der Waals surface area contributed by atoms with Crippen LogP contribution >= 0.6 is 0 Å². The van der Waals surface area contributed by atoms with Crippen molar-refractivity contribution in [2.75, 3.05) is 33.3 Å². The number of carbonyl (C=O) groups excluding carboxylic acids is 2. The van der Waals surface area contributed by atoms with Crippen LogP contribution in [0.1, 0.15) is 25.8 Å². The minimum Gasteiger partial charge on any atom is -0.496 e. The molecule has 1 atom stereocenters. The summed E-state index contributed by atoms with van der Waals surface area (Å²) in [6.07, 6.45) is 1.07. The van der Waals surface area contributed by atoms with Crippen LogP contribution in [0.15, 0.2) is 24.3 Å². The Bertz CT molecular complexity index is 555. The first kappa shape index (κ1) is 17.3. The number of amides is 2. The van der Waals surface area contributed by atoms with Crippen LogP contribution in [0.25, 0.3) is 0 Å². The summed E-state index contributed by atoms with van der Waals surface area (Å²) in [4.78, 5) is 28.2. The molecule has 0 bridgehead atoms. The van der Waals surface area contributed by atoms with Crippen molar-refractivity contribution in [1.29, 1.82) is 0 Å². The van der Waals surface area contributed by atoms with E-state index in [2.05, 4.69) is 0 Å². The lowest BCUT2D eigenvalue weighted by atomic mass is 10.1. The molecule has 1 saturated heterocycles. The van der Waals surface area contributed by atoms with Crippen LogP contribution in [0.5, 0.6) is 5.75 Å². The Balaban J connectivity index is 1.94. The lowest BCUT2D eigenvalue weighted by molar-refractivity contribution is -0.135. The van der Waals surface area contributed by atoms with Gasteiger partial charge in [-0.1, -0.05) is 18.2 Å². The fourth-order valence-electron chi connectivity index (χ4n) is 3.11. The number of methoxy groups -OCH3 is 1. The summed E-state index contributed by atoms with van der Waals surface area (Å²) in [5.41, 5.74) is 1.08. The van der Waals surface area contributed by atoms with Gasteiger partial charge < -0.3 is 14.5 Å². The number of ether oxygens (including phenoxy) is 1. The van der Waals surface area contributed by atoms with E-state index in [4.69, 9.17) is 4.74 Å². The Morgan fingerprint density at radius 3 is 2.65 bits per heavy atom. The molecule has 1 aromatic carbocycles. The zero-order chi connectivity index (χ0) is 16.8. The molecule has 2 rings (SSSR count). The molecule has 1 heterocycles. The molecule has 1 fully saturated rings. The number of benzene rings is 1. The molecule has 1 aliphatic heterocycles. The van der Waals surface area contributed by atoms with Gasteiger partial charge in [-0.2, -0.15) is 0 Å². The molecule has 5 nitrogen and oxygen atoms in total. The van der Waals surface area contributed by atoms with Crippen molar-refractivity contribution in [3.8, 4) is 5.75 Å². The molecule has 0 aromatic heterocycles. The third kappa shape index (κ3) is 4.03. The third-order valence-corrected chi connectivity index (χ3v) is 4.48. The molecule has 1 aliphatic rings. The number of likely N-dealkylation sites (tertiary alicyclic amines) is 1. The van der Waals surface area contributed by atoms with Gasteiger partial charge in [0, 0.05) is 32.6 Å². The summed E-state index contributed by atoms with van der Waals surface area (Å²) >= 11 is 0. The summed E-state index contributed by atoms with van der Waals surface area (Å²) in [6.45, 7) is 6.49. The molecule has 0 spiro atoms. The van der Waals surface area contributed by atoms with Gasteiger partial charge in [-0.3, -0.25) is 9.59 Å². The molecule has 0 radical (unpaired) electrons. The average Bonchev–Trinajstić information content (AvgIpc) is 2.95. The smallest absolute Gasteiger partial charge is 0.227 e. The van der Waals surface area contributed by atoms with E-state index in [0.29, 0.717) is 32.6 Å². The number of nitrogens with zero attached hydrogens (tertiary/aromatic N) is 2. The van der Waals surface area contributed by atoms with Crippen molar-refractivity contribution in [3.63, 3.8) is 0 Å². The Hall–Kier alpha value is -2.04. The van der Waals surface area contributed by atoms with Crippen molar-refractivity contribution in [2.24, 2.45) is 5.92 Å². The highest BCUT2D eigenvalue weighted by Crippen LogP contribution is 2.22. The van der Waals surface area contributed by atoms with Gasteiger partial charge >= 0.3 is 0 Å². The van der Waals surface area contributed by atoms with Crippen molar-refractivity contribution >= 4 is 11.8 Å². The molecule has 2 amide bonds. The Kier molecular flexibility index (Phi) is 6.02. The molecule has 0 aliphatic carbocycles. The van der Waals surface area contributed by atoms with E-state index in [1.807, 2.05) is 43.0 Å². The zero-order valence-corrected chi connectivity index (χ0v) is 14.2. The molecule has 126 valence electrons. The number of carbonyl (C=O) groups is 2. The largest absolute Gasteiger partial charge is 0.496 e. The predicted octanol–water partition coefficient (Wildman–Crippen LogP) is 1.95. The van der Waals surface area contributed by atoms with Crippen LogP contribution in [0.3, 0.4) is 0 Å². The fourth-order valence-corrected chi connectivity index (χ4v) is 3.11. The van der Waals surface area contributed by atoms with Gasteiger partial charge in [0.15, 0.2) is 0 Å². The van der Waals surface area contributed by atoms with E-state index in [1.165, 1.54) is 0 Å². The minimum absolute atomic E-state index is 0.0744. The molecule has 0 N–H and O–H groups in total. The van der Waals surface area contributed by atoms with Crippen molar-refractivity contribution in [2.45, 2.75) is 26.7 Å². The Morgan fingerprint density at radius 2 is 2.00 bits per heavy atom. The summed E-state index contributed by atoms with van der Waals surface area (Å²) < 4.78 is 5.34. The fraction of sp³-hybridized carbons (Fsp3) is 0.556. The number of rotatable bonds is 7. The summed E-state index contributed by atoms with van der Waals surface area (Å²) in [7, 11) is 1.65. The van der Waals surface area contributed by atoms with Crippen LogP contribution < -0.4 is 4.74 Å². The van der Waals surface area contributed by atoms with E-state index in [1.54, 1.807) is 12.0 Å². The minimum atomic E-state index is -0.194. The molecular formula is C18H26N2O3. The molecule has 1 unspecified atom stereocenters. The van der Waals surface area contributed by atoms with Crippen LogP contribution in [0.2, 0.25) is 0 Å². The van der Waals surface area contributed by atoms with E-state index >= 15 is 0 Å². The average molecular weight is 318 g/mol. The maximum Gasteiger partial charge on any atom is 0.227 e. The number of hydrogen-bond donors (Lipinski definition) is 0. The van der Waals surface area contributed by atoms with Crippen LogP contribution in [-0.4, -0.2) is 54.9 Å². The maximum atomic E-state index is 12.4. The highest BCUT2D eigenvalue weighted by atomic mass is 16.5. The molecule has 23 heavy (non-hydrogen) atoms. The second kappa shape index (κ2) is 7.99. The summed E-state index contributed by atoms with van der Waals surface area (Å²) in [5, 5.41) is 0. The Morgan fingerprint density at radius 1 is 1.30 bits per heavy atom. The molecular weight excluding hydrogens is 292 g/mol. The van der Waals surface area contributed by atoms with Gasteiger partial charge in [0.2, 0.25) is 11.8 Å². The number of para-hydroxylation sites is 1. The lowest BCUT2D eigenvalue weighted by Crippen LogP contribution is -2.37. The monoisotopic (exact) mass is 318 g/mol. The first-order chi connectivity index (χ1) is 11.1. The first-order valence-electron chi connectivity index (χ1n) is 8.29. The topological polar surface area (TPSA) is 49.9 Å². The molecule has 1 aromatic rings. The zero-order valence-electron chi connectivity index (χ0n) is 14.2. The van der Waals surface area contributed by atoms with Gasteiger partial charge in [-0.05, 0) is 31.9 Å². The second-order valence-electron chi connectivity index (χ2n) is 5.81. The van der Waals surface area contributed by atoms with Crippen LogP contribution in [-0.2, 0) is 16.0 Å². The standard InChI is InChI=1S/C18H26N2O3/c1-4-19(5-2)18(22)15-12-17(21)20(13-15)11-10-14-8-6-7-9-16(14)23-3/h6-9,15H,4-5,10-13H2,1-3H3. The van der Waals surface area contributed by atoms with Crippen LogP contribution in [0, 0.1) is 5.92 Å². The first-order valence-corrected chi connectivity index (χ1v) is 8.29. The van der Waals surface area contributed by atoms with E-state index in [0.717, 1.165) is 17.7 Å². The highest BCUT2D eigenvalue weighted by Gasteiger charge is 2.35. The molecule has 0 saturated carbocycles. The van der Waals surface area contributed by atoms with Gasteiger partial charge in [-0.25, -0.2) is 0 Å². The number of hydrogen-bond acceptors (Lipinski definition) is 3. The third-order valence-electron chi connectivity index (χ3n) is 4.48. The summed E-state index contributed by atoms with van der Waals surface area (Å²) in [5.74, 6) is 0.823. The summed E-state index contributed by atoms with van der Waals surface area (Å²) in [6, 6.07) is 7.84. The normalized spacial score (nSPS) is 17.4. The Labute approximate surface area is 138 Å². The van der Waals surface area contributed by atoms with E-state index in [9.17, 15) is 9.59 Å². The van der Waals surface area contributed by atoms with Crippen molar-refractivity contribution < 1.29 is 14.3 Å². The van der Waals surface area contributed by atoms with Gasteiger partial charge in [-0.15, -0.1) is 0 Å². The van der Waals surface area contributed by atoms with E-state index in [-0.39, 0.29) is 17.7 Å². The van der Waals surface area contributed by atoms with Gasteiger partial charge in [0.25, 0.3) is 0 Å². The quantitative estimate of drug-likeness (QED) is 0.772. The van der Waals surface area contributed by atoms with Crippen LogP contribution in [0.4, 0.5) is 0 Å². The SMILES string of the molecule is CCN(CC)C(=O)C1CC(=O)N(CCc2ccccc2OC)C1. The van der Waals surface area contributed by atoms with Gasteiger partial charge in [0.1, 0.15) is 5.75 Å². The maximum absolute atomic E-state index is 12.4. The highest BCUT2D eigenvalue weighted by molar-refractivity contribution is 5.89.